The second-order valence-corrected chi connectivity index (χ2v) is 5.65. The molecule has 1 N–H and O–H groups in total. The molecule has 5 nitrogen and oxygen atoms in total. The highest BCUT2D eigenvalue weighted by Gasteiger charge is 2.09. The zero-order chi connectivity index (χ0) is 13.4. The highest BCUT2D eigenvalue weighted by Crippen LogP contribution is 2.22. The second-order valence-electron chi connectivity index (χ2n) is 3.94. The molecule has 96 valence electrons. The molecule has 0 aliphatic rings. The third kappa shape index (κ3) is 2.45. The number of carbonyl (C=O) groups is 1. The lowest BCUT2D eigenvalue weighted by Crippen LogP contribution is -2.10. The fraction of sp³-hybridized carbons (Fsp3) is 0.0833. The highest BCUT2D eigenvalue weighted by molar-refractivity contribution is 7.18. The number of nitrogens with one attached hydrogen (secondary N) is 1. The van der Waals surface area contributed by atoms with Crippen molar-refractivity contribution < 1.29 is 4.79 Å². The van der Waals surface area contributed by atoms with E-state index in [4.69, 9.17) is 11.6 Å². The topological polar surface area (TPSA) is 59.3 Å². The molecule has 3 aromatic rings. The molecule has 3 rings (SSSR count). The van der Waals surface area contributed by atoms with Gasteiger partial charge in [0.15, 0.2) is 5.65 Å². The molecule has 0 aliphatic carbocycles. The van der Waals surface area contributed by atoms with Gasteiger partial charge < -0.3 is 5.32 Å². The SMILES string of the molecule is Cc1nc2ccc(NC(=O)c3ccc(Cl)s3)cn2n1. The smallest absolute Gasteiger partial charge is 0.265 e. The second kappa shape index (κ2) is 4.64. The Bertz CT molecular complexity index is 764. The number of hydrogen-bond donors (Lipinski definition) is 1. The molecule has 0 unspecified atom stereocenters. The molecule has 7 heteroatoms. The summed E-state index contributed by atoms with van der Waals surface area (Å²) >= 11 is 7.05. The van der Waals surface area contributed by atoms with Crippen LogP contribution in [0, 0.1) is 6.92 Å². The number of amides is 1. The number of thiophene rings is 1. The van der Waals surface area contributed by atoms with E-state index in [1.807, 2.05) is 6.92 Å². The van der Waals surface area contributed by atoms with Crippen LogP contribution in [0.2, 0.25) is 4.34 Å². The number of nitrogens with zero attached hydrogens (tertiary/aromatic N) is 3. The van der Waals surface area contributed by atoms with Gasteiger partial charge >= 0.3 is 0 Å². The summed E-state index contributed by atoms with van der Waals surface area (Å²) in [6, 6.07) is 6.99. The van der Waals surface area contributed by atoms with Crippen molar-refractivity contribution in [2.75, 3.05) is 5.32 Å². The Labute approximate surface area is 117 Å². The van der Waals surface area contributed by atoms with Crippen molar-refractivity contribution in [1.82, 2.24) is 14.6 Å². The Kier molecular flexibility index (Phi) is 2.96. The summed E-state index contributed by atoms with van der Waals surface area (Å²) < 4.78 is 2.22. The van der Waals surface area contributed by atoms with Crippen molar-refractivity contribution in [3.05, 3.63) is 45.5 Å². The molecular weight excluding hydrogens is 284 g/mol. The minimum Gasteiger partial charge on any atom is -0.320 e. The van der Waals surface area contributed by atoms with Crippen LogP contribution in [0.5, 0.6) is 0 Å². The lowest BCUT2D eigenvalue weighted by Gasteiger charge is -2.03. The van der Waals surface area contributed by atoms with Gasteiger partial charge in [-0.2, -0.15) is 5.10 Å². The number of carbonyl (C=O) groups excluding carboxylic acids is 1. The van der Waals surface area contributed by atoms with Gasteiger partial charge in [-0.3, -0.25) is 4.79 Å². The minimum absolute atomic E-state index is 0.187. The summed E-state index contributed by atoms with van der Waals surface area (Å²) in [7, 11) is 0. The number of hydrogen-bond acceptors (Lipinski definition) is 4. The number of fused-ring (bicyclic) bond motifs is 1. The molecule has 0 saturated carbocycles. The zero-order valence-corrected chi connectivity index (χ0v) is 11.5. The molecule has 0 bridgehead atoms. The first kappa shape index (κ1) is 12.1. The number of pyridine rings is 1. The first-order chi connectivity index (χ1) is 9.11. The maximum absolute atomic E-state index is 12.0. The summed E-state index contributed by atoms with van der Waals surface area (Å²) in [6.07, 6.45) is 1.72. The lowest BCUT2D eigenvalue weighted by atomic mass is 10.4. The number of aromatic nitrogens is 3. The van der Waals surface area contributed by atoms with Crippen LogP contribution in [-0.2, 0) is 0 Å². The predicted molar refractivity (Wildman–Crippen MR) is 75.0 cm³/mol. The normalized spacial score (nSPS) is 10.8. The Balaban J connectivity index is 1.86. The van der Waals surface area contributed by atoms with Crippen LogP contribution in [0.1, 0.15) is 15.5 Å². The number of anilines is 1. The van der Waals surface area contributed by atoms with Crippen LogP contribution in [0.4, 0.5) is 5.69 Å². The highest BCUT2D eigenvalue weighted by atomic mass is 35.5. The first-order valence-corrected chi connectivity index (χ1v) is 6.71. The van der Waals surface area contributed by atoms with E-state index in [-0.39, 0.29) is 5.91 Å². The van der Waals surface area contributed by atoms with E-state index in [0.29, 0.717) is 20.7 Å². The van der Waals surface area contributed by atoms with Crippen LogP contribution in [0.25, 0.3) is 5.65 Å². The Morgan fingerprint density at radius 3 is 2.95 bits per heavy atom. The van der Waals surface area contributed by atoms with Crippen molar-refractivity contribution >= 4 is 40.2 Å². The van der Waals surface area contributed by atoms with Crippen molar-refractivity contribution in [3.8, 4) is 0 Å². The van der Waals surface area contributed by atoms with Gasteiger partial charge in [-0.15, -0.1) is 11.3 Å². The molecule has 0 aliphatic heterocycles. The summed E-state index contributed by atoms with van der Waals surface area (Å²) in [5.74, 6) is 0.501. The summed E-state index contributed by atoms with van der Waals surface area (Å²) in [6.45, 7) is 1.82. The maximum atomic E-state index is 12.0. The third-order valence-electron chi connectivity index (χ3n) is 2.49. The largest absolute Gasteiger partial charge is 0.320 e. The van der Waals surface area contributed by atoms with Gasteiger partial charge in [-0.05, 0) is 31.2 Å². The first-order valence-electron chi connectivity index (χ1n) is 5.51. The van der Waals surface area contributed by atoms with E-state index in [1.54, 1.807) is 35.0 Å². The van der Waals surface area contributed by atoms with Gasteiger partial charge in [-0.25, -0.2) is 9.50 Å². The van der Waals surface area contributed by atoms with Crippen LogP contribution in [-0.4, -0.2) is 20.5 Å². The molecule has 0 fully saturated rings. The Morgan fingerprint density at radius 1 is 1.37 bits per heavy atom. The van der Waals surface area contributed by atoms with Gasteiger partial charge in [0, 0.05) is 0 Å². The zero-order valence-electron chi connectivity index (χ0n) is 9.92. The van der Waals surface area contributed by atoms with Crippen LogP contribution in [0.3, 0.4) is 0 Å². The number of halogens is 1. The van der Waals surface area contributed by atoms with Gasteiger partial charge in [0.05, 0.1) is 21.1 Å². The molecule has 0 spiro atoms. The molecule has 0 atom stereocenters. The van der Waals surface area contributed by atoms with Gasteiger partial charge in [0.1, 0.15) is 5.82 Å². The minimum atomic E-state index is -0.187. The fourth-order valence-electron chi connectivity index (χ4n) is 1.70. The maximum Gasteiger partial charge on any atom is 0.265 e. The summed E-state index contributed by atoms with van der Waals surface area (Å²) in [4.78, 5) is 16.8. The van der Waals surface area contributed by atoms with E-state index in [9.17, 15) is 4.79 Å². The van der Waals surface area contributed by atoms with Gasteiger partial charge in [0.2, 0.25) is 0 Å². The number of rotatable bonds is 2. The average Bonchev–Trinajstić information content (AvgIpc) is 2.93. The van der Waals surface area contributed by atoms with Gasteiger partial charge in [0.25, 0.3) is 5.91 Å². The summed E-state index contributed by atoms with van der Waals surface area (Å²) in [5.41, 5.74) is 1.40. The molecule has 0 aromatic carbocycles. The van der Waals surface area contributed by atoms with Crippen LogP contribution in [0.15, 0.2) is 30.5 Å². The number of aryl methyl sites for hydroxylation is 1. The molecule has 0 radical (unpaired) electrons. The molecule has 1 amide bonds. The van der Waals surface area contributed by atoms with Crippen molar-refractivity contribution in [1.29, 1.82) is 0 Å². The van der Waals surface area contributed by atoms with Crippen molar-refractivity contribution in [2.45, 2.75) is 6.92 Å². The monoisotopic (exact) mass is 292 g/mol. The van der Waals surface area contributed by atoms with Crippen LogP contribution < -0.4 is 5.32 Å². The predicted octanol–water partition coefficient (Wildman–Crippen LogP) is 3.00. The standard InChI is InChI=1S/C12H9ClN4OS/c1-7-14-11-5-2-8(6-17(11)16-7)15-12(18)9-3-4-10(13)19-9/h2-6H,1H3,(H,15,18). The molecular formula is C12H9ClN4OS. The van der Waals surface area contributed by atoms with E-state index in [0.717, 1.165) is 5.65 Å². The van der Waals surface area contributed by atoms with Crippen molar-refractivity contribution in [3.63, 3.8) is 0 Å². The van der Waals surface area contributed by atoms with Crippen molar-refractivity contribution in [2.24, 2.45) is 0 Å². The Hall–Kier alpha value is -1.92. The van der Waals surface area contributed by atoms with E-state index in [2.05, 4.69) is 15.4 Å². The fourth-order valence-corrected chi connectivity index (χ4v) is 2.64. The molecule has 3 heterocycles. The Morgan fingerprint density at radius 2 is 2.21 bits per heavy atom. The molecule has 3 aromatic heterocycles. The van der Waals surface area contributed by atoms with E-state index in [1.165, 1.54) is 11.3 Å². The third-order valence-corrected chi connectivity index (χ3v) is 3.72. The van der Waals surface area contributed by atoms with Crippen LogP contribution >= 0.6 is 22.9 Å². The summed E-state index contributed by atoms with van der Waals surface area (Å²) in [5, 5.41) is 6.99. The lowest BCUT2D eigenvalue weighted by molar-refractivity contribution is 0.103. The van der Waals surface area contributed by atoms with E-state index < -0.39 is 0 Å². The quantitative estimate of drug-likeness (QED) is 0.790. The molecule has 0 saturated heterocycles. The average molecular weight is 293 g/mol. The molecule has 19 heavy (non-hydrogen) atoms. The van der Waals surface area contributed by atoms with Gasteiger partial charge in [-0.1, -0.05) is 11.6 Å². The van der Waals surface area contributed by atoms with E-state index >= 15 is 0 Å².